The number of carboxylic acid groups (broad SMARTS) is 1. The van der Waals surface area contributed by atoms with Crippen LogP contribution < -0.4 is 27.4 Å². The zero-order chi connectivity index (χ0) is 29.7. The maximum Gasteiger partial charge on any atom is 0.326 e. The summed E-state index contributed by atoms with van der Waals surface area (Å²) < 4.78 is 0. The standard InChI is InChI=1S/C28H44N6O5S/c1-17(2)14-24(28(38)39)34-26(36)22(11-13-40-3)32-27(37)23(33-25(35)20(30)9-6-7-12-29)15-18-16-31-21-10-5-4-8-19(18)21/h4-5,8,10,16-17,20,22-24,31H,6-7,9,11-15,29-30H2,1-3H3,(H,32,37)(H,33,35)(H,34,36)(H,38,39). The number of nitrogens with two attached hydrogens (primary N) is 2. The molecule has 0 bridgehead atoms. The number of para-hydroxylation sites is 1. The molecule has 0 spiro atoms. The van der Waals surface area contributed by atoms with E-state index in [2.05, 4.69) is 20.9 Å². The van der Waals surface area contributed by atoms with Crippen molar-refractivity contribution in [3.8, 4) is 0 Å². The van der Waals surface area contributed by atoms with Crippen molar-refractivity contribution in [3.63, 3.8) is 0 Å². The molecule has 0 saturated carbocycles. The van der Waals surface area contributed by atoms with Gasteiger partial charge < -0.3 is 37.5 Å². The van der Waals surface area contributed by atoms with E-state index in [0.717, 1.165) is 22.9 Å². The molecule has 2 aromatic rings. The smallest absolute Gasteiger partial charge is 0.326 e. The molecule has 0 aliphatic heterocycles. The first-order chi connectivity index (χ1) is 19.1. The number of carbonyl (C=O) groups excluding carboxylic acids is 3. The van der Waals surface area contributed by atoms with Crippen molar-refractivity contribution >= 4 is 46.4 Å². The minimum absolute atomic E-state index is 0.0467. The van der Waals surface area contributed by atoms with Gasteiger partial charge in [-0.1, -0.05) is 38.5 Å². The molecule has 0 aliphatic rings. The lowest BCUT2D eigenvalue weighted by Gasteiger charge is -2.25. The molecular weight excluding hydrogens is 532 g/mol. The van der Waals surface area contributed by atoms with E-state index in [9.17, 15) is 24.3 Å². The molecular formula is C28H44N6O5S. The summed E-state index contributed by atoms with van der Waals surface area (Å²) in [5.74, 6) is -2.12. The first-order valence-electron chi connectivity index (χ1n) is 13.7. The average molecular weight is 577 g/mol. The molecule has 3 amide bonds. The molecule has 222 valence electrons. The zero-order valence-electron chi connectivity index (χ0n) is 23.6. The number of fused-ring (bicyclic) bond motifs is 1. The van der Waals surface area contributed by atoms with Crippen molar-refractivity contribution in [2.45, 2.75) is 76.5 Å². The van der Waals surface area contributed by atoms with Gasteiger partial charge in [-0.2, -0.15) is 11.8 Å². The van der Waals surface area contributed by atoms with E-state index in [1.165, 1.54) is 11.8 Å². The number of unbranched alkanes of at least 4 members (excludes halogenated alkanes) is 1. The number of amides is 3. The van der Waals surface area contributed by atoms with Crippen LogP contribution in [0, 0.1) is 5.92 Å². The Morgan fingerprint density at radius 3 is 2.25 bits per heavy atom. The molecule has 12 heteroatoms. The van der Waals surface area contributed by atoms with Crippen molar-refractivity contribution in [1.82, 2.24) is 20.9 Å². The Balaban J connectivity index is 2.26. The van der Waals surface area contributed by atoms with Gasteiger partial charge >= 0.3 is 5.97 Å². The number of carboxylic acids is 1. The summed E-state index contributed by atoms with van der Waals surface area (Å²) >= 11 is 1.50. The lowest BCUT2D eigenvalue weighted by molar-refractivity contribution is -0.142. The highest BCUT2D eigenvalue weighted by Gasteiger charge is 2.31. The molecule has 0 aliphatic carbocycles. The Morgan fingerprint density at radius 1 is 0.950 bits per heavy atom. The molecule has 2 rings (SSSR count). The monoisotopic (exact) mass is 576 g/mol. The third kappa shape index (κ3) is 10.5. The van der Waals surface area contributed by atoms with Crippen LogP contribution in [0.3, 0.4) is 0 Å². The van der Waals surface area contributed by atoms with E-state index < -0.39 is 47.9 Å². The number of aliphatic carboxylic acids is 1. The summed E-state index contributed by atoms with van der Waals surface area (Å²) in [6.07, 6.45) is 6.23. The summed E-state index contributed by atoms with van der Waals surface area (Å²) in [7, 11) is 0. The molecule has 0 saturated heterocycles. The molecule has 4 unspecified atom stereocenters. The number of benzene rings is 1. The van der Waals surface area contributed by atoms with Crippen LogP contribution in [-0.2, 0) is 25.6 Å². The normalized spacial score (nSPS) is 14.3. The number of nitrogens with one attached hydrogen (secondary N) is 4. The topological polar surface area (TPSA) is 192 Å². The number of carbonyl (C=O) groups is 4. The highest BCUT2D eigenvalue weighted by molar-refractivity contribution is 7.98. The van der Waals surface area contributed by atoms with Crippen LogP contribution in [0.15, 0.2) is 30.5 Å². The van der Waals surface area contributed by atoms with Gasteiger partial charge in [0, 0.05) is 23.5 Å². The van der Waals surface area contributed by atoms with Gasteiger partial charge in [0.15, 0.2) is 0 Å². The number of hydrogen-bond donors (Lipinski definition) is 7. The largest absolute Gasteiger partial charge is 0.480 e. The summed E-state index contributed by atoms with van der Waals surface area (Å²) in [5.41, 5.74) is 13.4. The first-order valence-corrected chi connectivity index (χ1v) is 15.1. The van der Waals surface area contributed by atoms with E-state index >= 15 is 0 Å². The van der Waals surface area contributed by atoms with Crippen LogP contribution in [0.2, 0.25) is 0 Å². The maximum atomic E-state index is 13.6. The summed E-state index contributed by atoms with van der Waals surface area (Å²) in [5, 5.41) is 18.6. The fourth-order valence-corrected chi connectivity index (χ4v) is 4.86. The van der Waals surface area contributed by atoms with Crippen LogP contribution in [0.4, 0.5) is 0 Å². The van der Waals surface area contributed by atoms with E-state index in [4.69, 9.17) is 11.5 Å². The van der Waals surface area contributed by atoms with Crippen LogP contribution >= 0.6 is 11.8 Å². The van der Waals surface area contributed by atoms with Crippen LogP contribution in [-0.4, -0.2) is 76.5 Å². The number of aromatic nitrogens is 1. The number of thioether (sulfide) groups is 1. The Kier molecular flexibility index (Phi) is 14.0. The second-order valence-corrected chi connectivity index (χ2v) is 11.4. The van der Waals surface area contributed by atoms with Gasteiger partial charge in [-0.25, -0.2) is 4.79 Å². The second-order valence-electron chi connectivity index (χ2n) is 10.4. The predicted molar refractivity (Wildman–Crippen MR) is 159 cm³/mol. The maximum absolute atomic E-state index is 13.6. The summed E-state index contributed by atoms with van der Waals surface area (Å²) in [6, 6.07) is 3.75. The van der Waals surface area contributed by atoms with Crippen LogP contribution in [0.25, 0.3) is 10.9 Å². The average Bonchev–Trinajstić information content (AvgIpc) is 3.32. The van der Waals surface area contributed by atoms with Gasteiger partial charge in [0.25, 0.3) is 0 Å². The summed E-state index contributed by atoms with van der Waals surface area (Å²) in [4.78, 5) is 54.6. The molecule has 1 aromatic carbocycles. The molecule has 9 N–H and O–H groups in total. The Labute approximate surface area is 240 Å². The second kappa shape index (κ2) is 16.9. The molecule has 1 aromatic heterocycles. The third-order valence-electron chi connectivity index (χ3n) is 6.60. The van der Waals surface area contributed by atoms with Crippen LogP contribution in [0.5, 0.6) is 0 Å². The van der Waals surface area contributed by atoms with Crippen molar-refractivity contribution in [2.24, 2.45) is 17.4 Å². The minimum Gasteiger partial charge on any atom is -0.480 e. The number of rotatable bonds is 18. The molecule has 11 nitrogen and oxygen atoms in total. The number of H-pyrrole nitrogens is 1. The predicted octanol–water partition coefficient (Wildman–Crippen LogP) is 1.50. The molecule has 1 heterocycles. The van der Waals surface area contributed by atoms with Crippen molar-refractivity contribution in [1.29, 1.82) is 0 Å². The fourth-order valence-electron chi connectivity index (χ4n) is 4.39. The molecule has 0 fully saturated rings. The van der Waals surface area contributed by atoms with E-state index in [1.807, 2.05) is 44.4 Å². The van der Waals surface area contributed by atoms with E-state index in [1.54, 1.807) is 6.20 Å². The summed E-state index contributed by atoms with van der Waals surface area (Å²) in [6.45, 7) is 4.24. The lowest BCUT2D eigenvalue weighted by Crippen LogP contribution is -2.57. The molecule has 4 atom stereocenters. The van der Waals surface area contributed by atoms with Crippen molar-refractivity contribution < 1.29 is 24.3 Å². The Bertz CT molecular complexity index is 1120. The van der Waals surface area contributed by atoms with Gasteiger partial charge in [0.05, 0.1) is 6.04 Å². The zero-order valence-corrected chi connectivity index (χ0v) is 24.4. The molecule has 40 heavy (non-hydrogen) atoms. The first kappa shape index (κ1) is 33.1. The highest BCUT2D eigenvalue weighted by atomic mass is 32.2. The molecule has 0 radical (unpaired) electrons. The van der Waals surface area contributed by atoms with Gasteiger partial charge in [0.1, 0.15) is 18.1 Å². The van der Waals surface area contributed by atoms with Gasteiger partial charge in [-0.15, -0.1) is 0 Å². The quantitative estimate of drug-likeness (QED) is 0.130. The lowest BCUT2D eigenvalue weighted by atomic mass is 10.0. The fraction of sp³-hybridized carbons (Fsp3) is 0.571. The Hall–Kier alpha value is -3.09. The van der Waals surface area contributed by atoms with E-state index in [0.29, 0.717) is 31.6 Å². The number of hydrogen-bond acceptors (Lipinski definition) is 7. The highest BCUT2D eigenvalue weighted by Crippen LogP contribution is 2.19. The van der Waals surface area contributed by atoms with Crippen molar-refractivity contribution in [3.05, 3.63) is 36.0 Å². The van der Waals surface area contributed by atoms with Gasteiger partial charge in [-0.3, -0.25) is 14.4 Å². The third-order valence-corrected chi connectivity index (χ3v) is 7.25. The van der Waals surface area contributed by atoms with Gasteiger partial charge in [0.2, 0.25) is 17.7 Å². The van der Waals surface area contributed by atoms with Crippen molar-refractivity contribution in [2.75, 3.05) is 18.6 Å². The minimum atomic E-state index is -1.13. The number of aromatic amines is 1. The Morgan fingerprint density at radius 2 is 1.60 bits per heavy atom. The SMILES string of the molecule is CSCCC(NC(=O)C(Cc1c[nH]c2ccccc12)NC(=O)C(N)CCCCN)C(=O)NC(CC(C)C)C(=O)O. The van der Waals surface area contributed by atoms with E-state index in [-0.39, 0.29) is 18.8 Å². The van der Waals surface area contributed by atoms with Gasteiger partial charge in [-0.05, 0) is 61.8 Å². The van der Waals surface area contributed by atoms with Crippen LogP contribution in [0.1, 0.15) is 51.5 Å².